The largest absolute Gasteiger partial charge is 0.380 e. The van der Waals surface area contributed by atoms with Gasteiger partial charge in [0.25, 0.3) is 0 Å². The smallest absolute Gasteiger partial charge is 0.246 e. The van der Waals surface area contributed by atoms with Crippen molar-refractivity contribution in [2.24, 2.45) is 0 Å². The highest BCUT2D eigenvalue weighted by Gasteiger charge is 2.31. The zero-order valence-corrected chi connectivity index (χ0v) is 11.9. The van der Waals surface area contributed by atoms with Crippen LogP contribution in [0.1, 0.15) is 24.0 Å². The fourth-order valence-electron chi connectivity index (χ4n) is 2.36. The minimum atomic E-state index is -0.284. The van der Waals surface area contributed by atoms with Gasteiger partial charge in [-0.1, -0.05) is 24.3 Å². The first-order chi connectivity index (χ1) is 9.63. The topological polar surface area (TPSA) is 58.6 Å². The quantitative estimate of drug-likeness (QED) is 0.817. The van der Waals surface area contributed by atoms with Gasteiger partial charge >= 0.3 is 0 Å². The Kier molecular flexibility index (Phi) is 4.87. The van der Waals surface area contributed by atoms with Crippen LogP contribution in [0.5, 0.6) is 0 Å². The van der Waals surface area contributed by atoms with Gasteiger partial charge in [-0.2, -0.15) is 0 Å². The predicted molar refractivity (Wildman–Crippen MR) is 74.8 cm³/mol. The van der Waals surface area contributed by atoms with Gasteiger partial charge in [0.2, 0.25) is 11.8 Å². The summed E-state index contributed by atoms with van der Waals surface area (Å²) < 4.78 is 5.17. The number of hydrogen-bond acceptors (Lipinski definition) is 4. The Bertz CT molecular complexity index is 502. The molecular weight excluding hydrogens is 256 g/mol. The Morgan fingerprint density at radius 1 is 1.30 bits per heavy atom. The van der Waals surface area contributed by atoms with Crippen molar-refractivity contribution in [1.82, 2.24) is 10.2 Å². The molecule has 0 aromatic heterocycles. The number of amides is 2. The number of carbonyl (C=O) groups is 2. The molecule has 1 aliphatic heterocycles. The first-order valence-electron chi connectivity index (χ1n) is 6.73. The van der Waals surface area contributed by atoms with Gasteiger partial charge in [0.15, 0.2) is 0 Å². The van der Waals surface area contributed by atoms with Crippen LogP contribution in [0.3, 0.4) is 0 Å². The summed E-state index contributed by atoms with van der Waals surface area (Å²) in [4.78, 5) is 24.6. The highest BCUT2D eigenvalue weighted by Crippen LogP contribution is 2.14. The summed E-state index contributed by atoms with van der Waals surface area (Å²) in [7, 11) is 3.20. The molecule has 0 bridgehead atoms. The third kappa shape index (κ3) is 3.23. The molecule has 1 aromatic rings. The molecule has 1 fully saturated rings. The molecule has 2 amide bonds. The van der Waals surface area contributed by atoms with Crippen molar-refractivity contribution in [3.05, 3.63) is 35.4 Å². The summed E-state index contributed by atoms with van der Waals surface area (Å²) in [5, 5.41) is 3.24. The van der Waals surface area contributed by atoms with Gasteiger partial charge in [0, 0.05) is 27.1 Å². The van der Waals surface area contributed by atoms with E-state index < -0.39 is 0 Å². The van der Waals surface area contributed by atoms with E-state index in [1.165, 1.54) is 11.9 Å². The lowest BCUT2D eigenvalue weighted by Crippen LogP contribution is -2.51. The minimum absolute atomic E-state index is 0.104. The van der Waals surface area contributed by atoms with Crippen LogP contribution in [0.25, 0.3) is 0 Å². The number of imide groups is 1. The lowest BCUT2D eigenvalue weighted by molar-refractivity contribution is -0.148. The van der Waals surface area contributed by atoms with E-state index in [9.17, 15) is 9.59 Å². The molecule has 2 rings (SSSR count). The predicted octanol–water partition coefficient (Wildman–Crippen LogP) is 1.07. The maximum absolute atomic E-state index is 12.0. The van der Waals surface area contributed by atoms with Crippen molar-refractivity contribution in [2.75, 3.05) is 14.2 Å². The van der Waals surface area contributed by atoms with Gasteiger partial charge in [-0.15, -0.1) is 0 Å². The Balaban J connectivity index is 1.99. The number of piperidine rings is 1. The van der Waals surface area contributed by atoms with Gasteiger partial charge in [0.1, 0.15) is 0 Å². The van der Waals surface area contributed by atoms with Crippen molar-refractivity contribution >= 4 is 11.8 Å². The third-order valence-electron chi connectivity index (χ3n) is 3.61. The van der Waals surface area contributed by atoms with Crippen LogP contribution in [-0.2, 0) is 27.5 Å². The summed E-state index contributed by atoms with van der Waals surface area (Å²) in [6.07, 6.45) is 0.980. The zero-order chi connectivity index (χ0) is 14.5. The van der Waals surface area contributed by atoms with Gasteiger partial charge < -0.3 is 10.1 Å². The van der Waals surface area contributed by atoms with Crippen molar-refractivity contribution in [3.8, 4) is 0 Å². The monoisotopic (exact) mass is 276 g/mol. The summed E-state index contributed by atoms with van der Waals surface area (Å²) in [5.74, 6) is -0.252. The van der Waals surface area contributed by atoms with Crippen LogP contribution in [0.2, 0.25) is 0 Å². The van der Waals surface area contributed by atoms with Crippen LogP contribution in [-0.4, -0.2) is 36.9 Å². The number of methoxy groups -OCH3 is 1. The van der Waals surface area contributed by atoms with Crippen LogP contribution in [0.4, 0.5) is 0 Å². The first kappa shape index (κ1) is 14.7. The standard InChI is InChI=1S/C15H20N2O3/c1-17-14(18)8-7-13(15(17)19)16-9-11-5-3-4-6-12(11)10-20-2/h3-6,13,16H,7-10H2,1-2H3. The molecule has 1 saturated heterocycles. The zero-order valence-electron chi connectivity index (χ0n) is 11.9. The number of nitrogens with one attached hydrogen (secondary N) is 1. The number of likely N-dealkylation sites (tertiary alicyclic amines) is 1. The summed E-state index contributed by atoms with van der Waals surface area (Å²) >= 11 is 0. The fourth-order valence-corrected chi connectivity index (χ4v) is 2.36. The molecule has 1 heterocycles. The summed E-state index contributed by atoms with van der Waals surface area (Å²) in [5.41, 5.74) is 2.22. The lowest BCUT2D eigenvalue weighted by Gasteiger charge is -2.28. The summed E-state index contributed by atoms with van der Waals surface area (Å²) in [6.45, 7) is 1.15. The molecule has 1 aliphatic rings. The maximum Gasteiger partial charge on any atom is 0.246 e. The fraction of sp³-hybridized carbons (Fsp3) is 0.467. The number of carbonyl (C=O) groups excluding carboxylic acids is 2. The number of hydrogen-bond donors (Lipinski definition) is 1. The number of rotatable bonds is 5. The molecule has 108 valence electrons. The number of nitrogens with zero attached hydrogens (tertiary/aromatic N) is 1. The Labute approximate surface area is 118 Å². The third-order valence-corrected chi connectivity index (χ3v) is 3.61. The molecule has 5 heteroatoms. The normalized spacial score (nSPS) is 19.5. The van der Waals surface area contributed by atoms with Crippen molar-refractivity contribution in [2.45, 2.75) is 32.0 Å². The van der Waals surface area contributed by atoms with E-state index in [1.807, 2.05) is 24.3 Å². The van der Waals surface area contributed by atoms with E-state index in [2.05, 4.69) is 5.32 Å². The molecule has 1 aromatic carbocycles. The second kappa shape index (κ2) is 6.63. The van der Waals surface area contributed by atoms with Crippen molar-refractivity contribution in [1.29, 1.82) is 0 Å². The van der Waals surface area contributed by atoms with E-state index in [0.29, 0.717) is 26.0 Å². The van der Waals surface area contributed by atoms with E-state index in [-0.39, 0.29) is 17.9 Å². The van der Waals surface area contributed by atoms with E-state index >= 15 is 0 Å². The average molecular weight is 276 g/mol. The molecular formula is C15H20N2O3. The molecule has 1 atom stereocenters. The molecule has 1 unspecified atom stereocenters. The van der Waals surface area contributed by atoms with Crippen LogP contribution in [0.15, 0.2) is 24.3 Å². The molecule has 0 aliphatic carbocycles. The van der Waals surface area contributed by atoms with E-state index in [0.717, 1.165) is 11.1 Å². The molecule has 0 saturated carbocycles. The molecule has 20 heavy (non-hydrogen) atoms. The minimum Gasteiger partial charge on any atom is -0.380 e. The van der Waals surface area contributed by atoms with E-state index in [1.54, 1.807) is 7.11 Å². The van der Waals surface area contributed by atoms with Gasteiger partial charge in [0.05, 0.1) is 12.6 Å². The number of ether oxygens (including phenoxy) is 1. The Morgan fingerprint density at radius 3 is 2.70 bits per heavy atom. The molecule has 1 N–H and O–H groups in total. The number of likely N-dealkylation sites (N-methyl/N-ethyl adjacent to an activating group) is 1. The van der Waals surface area contributed by atoms with Crippen molar-refractivity contribution < 1.29 is 14.3 Å². The lowest BCUT2D eigenvalue weighted by atomic mass is 10.0. The summed E-state index contributed by atoms with van der Waals surface area (Å²) in [6, 6.07) is 7.68. The second-order valence-corrected chi connectivity index (χ2v) is 4.96. The molecule has 0 spiro atoms. The van der Waals surface area contributed by atoms with Crippen LogP contribution >= 0.6 is 0 Å². The Hall–Kier alpha value is -1.72. The highest BCUT2D eigenvalue weighted by atomic mass is 16.5. The van der Waals surface area contributed by atoms with Crippen LogP contribution in [0, 0.1) is 0 Å². The van der Waals surface area contributed by atoms with Crippen LogP contribution < -0.4 is 5.32 Å². The first-order valence-corrected chi connectivity index (χ1v) is 6.73. The Morgan fingerprint density at radius 2 is 2.00 bits per heavy atom. The SMILES string of the molecule is COCc1ccccc1CNC1CCC(=O)N(C)C1=O. The maximum atomic E-state index is 12.0. The molecule has 0 radical (unpaired) electrons. The van der Waals surface area contributed by atoms with Gasteiger partial charge in [-0.25, -0.2) is 0 Å². The van der Waals surface area contributed by atoms with Gasteiger partial charge in [-0.3, -0.25) is 14.5 Å². The molecule has 5 nitrogen and oxygen atoms in total. The van der Waals surface area contributed by atoms with E-state index in [4.69, 9.17) is 4.74 Å². The highest BCUT2D eigenvalue weighted by molar-refractivity contribution is 6.00. The second-order valence-electron chi connectivity index (χ2n) is 4.96. The number of benzene rings is 1. The van der Waals surface area contributed by atoms with Gasteiger partial charge in [-0.05, 0) is 17.5 Å². The average Bonchev–Trinajstić information content (AvgIpc) is 2.46. The van der Waals surface area contributed by atoms with Crippen molar-refractivity contribution in [3.63, 3.8) is 0 Å².